The lowest BCUT2D eigenvalue weighted by molar-refractivity contribution is 0.196. The molecular weight excluding hydrogens is 212 g/mol. The molecule has 0 aliphatic rings. The van der Waals surface area contributed by atoms with E-state index in [0.29, 0.717) is 11.6 Å². The summed E-state index contributed by atoms with van der Waals surface area (Å²) in [5.74, 6) is 2.12. The van der Waals surface area contributed by atoms with Crippen LogP contribution in [0, 0.1) is 0 Å². The molecule has 0 fully saturated rings. The predicted octanol–water partition coefficient (Wildman–Crippen LogP) is 2.02. The van der Waals surface area contributed by atoms with Gasteiger partial charge in [-0.3, -0.25) is 0 Å². The van der Waals surface area contributed by atoms with Crippen LogP contribution >= 0.6 is 11.8 Å². The molecule has 0 bridgehead atoms. The average molecular weight is 230 g/mol. The van der Waals surface area contributed by atoms with Gasteiger partial charge in [-0.15, -0.1) is 11.8 Å². The van der Waals surface area contributed by atoms with E-state index < -0.39 is 0 Å². The van der Waals surface area contributed by atoms with E-state index in [1.54, 1.807) is 18.7 Å². The van der Waals surface area contributed by atoms with Gasteiger partial charge in [0.1, 0.15) is 0 Å². The van der Waals surface area contributed by atoms with Crippen LogP contribution in [0.2, 0.25) is 0 Å². The molecule has 15 heavy (non-hydrogen) atoms. The molecule has 0 saturated carbocycles. The number of aryl methyl sites for hydroxylation is 1. The smallest absolute Gasteiger partial charge is 0.226 e. The van der Waals surface area contributed by atoms with Crippen molar-refractivity contribution in [1.82, 2.24) is 10.1 Å². The number of rotatable bonds is 6. The van der Waals surface area contributed by atoms with Crippen molar-refractivity contribution in [1.29, 1.82) is 0 Å². The monoisotopic (exact) mass is 230 g/mol. The summed E-state index contributed by atoms with van der Waals surface area (Å²) in [6, 6.07) is 0. The zero-order chi connectivity index (χ0) is 11.3. The minimum atomic E-state index is -0.308. The van der Waals surface area contributed by atoms with Gasteiger partial charge in [-0.25, -0.2) is 0 Å². The van der Waals surface area contributed by atoms with Crippen molar-refractivity contribution in [3.8, 4) is 0 Å². The van der Waals surface area contributed by atoms with Gasteiger partial charge in [0.15, 0.2) is 5.82 Å². The number of hydrogen-bond donors (Lipinski definition) is 1. The van der Waals surface area contributed by atoms with Crippen molar-refractivity contribution in [3.63, 3.8) is 0 Å². The molecule has 2 unspecified atom stereocenters. The summed E-state index contributed by atoms with van der Waals surface area (Å²) < 4.78 is 5.06. The number of nitrogens with zero attached hydrogens (tertiary/aromatic N) is 2. The molecule has 0 spiro atoms. The van der Waals surface area contributed by atoms with E-state index in [4.69, 9.17) is 4.52 Å². The summed E-state index contributed by atoms with van der Waals surface area (Å²) in [5, 5.41) is 13.4. The Morgan fingerprint density at radius 2 is 2.20 bits per heavy atom. The van der Waals surface area contributed by atoms with Crippen LogP contribution in [0.5, 0.6) is 0 Å². The van der Waals surface area contributed by atoms with Crippen LogP contribution in [0.15, 0.2) is 4.52 Å². The Balaban J connectivity index is 2.37. The Morgan fingerprint density at radius 1 is 1.47 bits per heavy atom. The topological polar surface area (TPSA) is 59.2 Å². The molecule has 0 aliphatic heterocycles. The highest BCUT2D eigenvalue weighted by Crippen LogP contribution is 2.18. The van der Waals surface area contributed by atoms with Crippen molar-refractivity contribution in [2.75, 3.05) is 0 Å². The average Bonchev–Trinajstić information content (AvgIpc) is 2.62. The molecule has 1 N–H and O–H groups in total. The summed E-state index contributed by atoms with van der Waals surface area (Å²) in [6.07, 6.45) is 1.54. The summed E-state index contributed by atoms with van der Waals surface area (Å²) in [4.78, 5) is 4.25. The Bertz CT molecular complexity index is 289. The molecule has 2 atom stereocenters. The molecule has 1 heterocycles. The van der Waals surface area contributed by atoms with Crippen molar-refractivity contribution < 1.29 is 9.63 Å². The largest absolute Gasteiger partial charge is 0.392 e. The summed E-state index contributed by atoms with van der Waals surface area (Å²) >= 11 is 1.63. The lowest BCUT2D eigenvalue weighted by Gasteiger charge is -2.11. The van der Waals surface area contributed by atoms with Gasteiger partial charge in [0, 0.05) is 11.7 Å². The number of aliphatic hydroxyl groups is 1. The molecule has 4 nitrogen and oxygen atoms in total. The fourth-order valence-corrected chi connectivity index (χ4v) is 1.82. The second kappa shape index (κ2) is 6.12. The zero-order valence-electron chi connectivity index (χ0n) is 9.43. The molecule has 86 valence electrons. The lowest BCUT2D eigenvalue weighted by Crippen LogP contribution is -2.15. The van der Waals surface area contributed by atoms with Crippen molar-refractivity contribution >= 4 is 11.8 Å². The van der Waals surface area contributed by atoms with Gasteiger partial charge in [-0.1, -0.05) is 19.0 Å². The predicted molar refractivity (Wildman–Crippen MR) is 60.7 cm³/mol. The first-order valence-electron chi connectivity index (χ1n) is 5.24. The van der Waals surface area contributed by atoms with Crippen LogP contribution in [0.25, 0.3) is 0 Å². The summed E-state index contributed by atoms with van der Waals surface area (Å²) in [5.41, 5.74) is 0. The van der Waals surface area contributed by atoms with Crippen molar-refractivity contribution in [3.05, 3.63) is 11.7 Å². The van der Waals surface area contributed by atoms with Crippen LogP contribution in [-0.2, 0) is 12.2 Å². The second-order valence-corrected chi connectivity index (χ2v) is 4.98. The molecule has 0 aromatic carbocycles. The number of aromatic nitrogens is 2. The fraction of sp³-hybridized carbons (Fsp3) is 0.800. The van der Waals surface area contributed by atoms with E-state index in [-0.39, 0.29) is 11.4 Å². The van der Waals surface area contributed by atoms with Crippen LogP contribution in [0.3, 0.4) is 0 Å². The second-order valence-electron chi connectivity index (χ2n) is 3.61. The van der Waals surface area contributed by atoms with Gasteiger partial charge in [0.2, 0.25) is 5.89 Å². The van der Waals surface area contributed by atoms with Crippen LogP contribution < -0.4 is 0 Å². The summed E-state index contributed by atoms with van der Waals surface area (Å²) in [6.45, 7) is 5.85. The standard InChI is InChI=1S/C10H18N2O2S/c1-4-5-10-11-9(12-14-10)6-15-8(3)7(2)13/h7-8,13H,4-6H2,1-3H3. The van der Waals surface area contributed by atoms with E-state index in [1.807, 2.05) is 6.92 Å². The highest BCUT2D eigenvalue weighted by molar-refractivity contribution is 7.99. The van der Waals surface area contributed by atoms with Gasteiger partial charge in [-0.05, 0) is 13.3 Å². The van der Waals surface area contributed by atoms with Crippen molar-refractivity contribution in [2.45, 2.75) is 50.7 Å². The van der Waals surface area contributed by atoms with E-state index >= 15 is 0 Å². The van der Waals surface area contributed by atoms with E-state index in [1.165, 1.54) is 0 Å². The number of thioether (sulfide) groups is 1. The molecule has 0 radical (unpaired) electrons. The van der Waals surface area contributed by atoms with Gasteiger partial charge in [-0.2, -0.15) is 4.98 Å². The third-order valence-corrected chi connectivity index (χ3v) is 3.47. The minimum Gasteiger partial charge on any atom is -0.392 e. The maximum absolute atomic E-state index is 9.30. The Labute approximate surface area is 94.5 Å². The molecule has 0 saturated heterocycles. The first-order chi connectivity index (χ1) is 7.13. The van der Waals surface area contributed by atoms with Gasteiger partial charge >= 0.3 is 0 Å². The molecule has 0 amide bonds. The van der Waals surface area contributed by atoms with E-state index in [2.05, 4.69) is 17.1 Å². The van der Waals surface area contributed by atoms with Crippen LogP contribution in [0.1, 0.15) is 38.9 Å². The molecule has 1 aromatic heterocycles. The maximum atomic E-state index is 9.30. The molecular formula is C10H18N2O2S. The highest BCUT2D eigenvalue weighted by Gasteiger charge is 2.11. The fourth-order valence-electron chi connectivity index (χ4n) is 1.01. The Hall–Kier alpha value is -0.550. The maximum Gasteiger partial charge on any atom is 0.226 e. The van der Waals surface area contributed by atoms with Gasteiger partial charge in [0.05, 0.1) is 11.9 Å². The van der Waals surface area contributed by atoms with E-state index in [9.17, 15) is 5.11 Å². The van der Waals surface area contributed by atoms with Crippen molar-refractivity contribution in [2.24, 2.45) is 0 Å². The third-order valence-electron chi connectivity index (χ3n) is 2.13. The zero-order valence-corrected chi connectivity index (χ0v) is 10.3. The lowest BCUT2D eigenvalue weighted by atomic mass is 10.3. The highest BCUT2D eigenvalue weighted by atomic mass is 32.2. The SMILES string of the molecule is CCCc1nc(CSC(C)C(C)O)no1. The molecule has 0 aliphatic carbocycles. The van der Waals surface area contributed by atoms with E-state index in [0.717, 1.165) is 18.7 Å². The Morgan fingerprint density at radius 3 is 2.80 bits per heavy atom. The summed E-state index contributed by atoms with van der Waals surface area (Å²) in [7, 11) is 0. The first kappa shape index (κ1) is 12.5. The minimum absolute atomic E-state index is 0.193. The van der Waals surface area contributed by atoms with Crippen LogP contribution in [0.4, 0.5) is 0 Å². The third kappa shape index (κ3) is 4.22. The normalized spacial score (nSPS) is 15.2. The number of hydrogen-bond acceptors (Lipinski definition) is 5. The Kier molecular flexibility index (Phi) is 5.11. The number of aliphatic hydroxyl groups excluding tert-OH is 1. The molecule has 1 rings (SSSR count). The molecule has 1 aromatic rings. The van der Waals surface area contributed by atoms with Gasteiger partial charge < -0.3 is 9.63 Å². The van der Waals surface area contributed by atoms with Gasteiger partial charge in [0.25, 0.3) is 0 Å². The quantitative estimate of drug-likeness (QED) is 0.810. The first-order valence-corrected chi connectivity index (χ1v) is 6.29. The molecule has 5 heteroatoms. The van der Waals surface area contributed by atoms with Crippen LogP contribution in [-0.4, -0.2) is 26.6 Å².